The normalized spacial score (nSPS) is 15.4. The summed E-state index contributed by atoms with van der Waals surface area (Å²) in [7, 11) is -3.37. The van der Waals surface area contributed by atoms with Crippen LogP contribution in [0, 0.1) is 0 Å². The molecule has 0 radical (unpaired) electrons. The Balaban J connectivity index is 7.17. The summed E-state index contributed by atoms with van der Waals surface area (Å²) in [4.78, 5) is 0. The molecule has 0 aromatic carbocycles. The van der Waals surface area contributed by atoms with Crippen LogP contribution in [0.5, 0.6) is 0 Å². The summed E-state index contributed by atoms with van der Waals surface area (Å²) in [5, 5.41) is 0. The monoisotopic (exact) mass is 767 g/mol. The van der Waals surface area contributed by atoms with Gasteiger partial charge in [-0.2, -0.15) is 0 Å². The maximum absolute atomic E-state index is 16.4. The molecule has 3 nitrogen and oxygen atoms in total. The van der Waals surface area contributed by atoms with Gasteiger partial charge in [0, 0.05) is 0 Å². The molecule has 0 aliphatic heterocycles. The van der Waals surface area contributed by atoms with Gasteiger partial charge in [-0.3, -0.25) is 0 Å². The first-order valence-corrected chi connectivity index (χ1v) is 30.6. The van der Waals surface area contributed by atoms with E-state index in [1.807, 2.05) is 0 Å². The first-order chi connectivity index (χ1) is 24.1. The average Bonchev–Trinajstić information content (AvgIpc) is 3.12. The molecule has 0 unspecified atom stereocenters. The molecule has 0 aliphatic rings. The van der Waals surface area contributed by atoms with E-state index in [2.05, 4.69) is 62.3 Å². The molecule has 0 fully saturated rings. The van der Waals surface area contributed by atoms with Crippen LogP contribution in [-0.4, -0.2) is 55.5 Å². The van der Waals surface area contributed by atoms with Crippen LogP contribution in [0.15, 0.2) is 0 Å². The number of rotatable bonds is 39. The Labute approximate surface area is 318 Å². The van der Waals surface area contributed by atoms with E-state index in [-0.39, 0.29) is 0 Å². The van der Waals surface area contributed by atoms with Crippen molar-refractivity contribution in [1.29, 1.82) is 0 Å². The molecule has 306 valence electrons. The number of hydrogen-bond acceptors (Lipinski definition) is 3. The van der Waals surface area contributed by atoms with Gasteiger partial charge in [-0.15, -0.1) is 0 Å². The molecule has 0 saturated carbocycles. The summed E-state index contributed by atoms with van der Waals surface area (Å²) in [6.45, 7) is 15.5. The van der Waals surface area contributed by atoms with E-state index in [9.17, 15) is 0 Å². The van der Waals surface area contributed by atoms with Crippen molar-refractivity contribution in [3.8, 4) is 0 Å². The Kier molecular flexibility index (Phi) is 29.9. The van der Waals surface area contributed by atoms with Crippen LogP contribution in [0.4, 0.5) is 0 Å². The first-order valence-electron chi connectivity index (χ1n) is 23.1. The quantitative estimate of drug-likeness (QED) is 0.0462. The standard InChI is InChI=1S/C44H97O3P3/c1-10-19-28-29-30-31-32-33-34-35-36-48(45,46-49(37-20-11-2,38-21-12-3,39-22-13-4)40-23-14-5)47-50(41-24-15-6,42-25-16-7,43-26-17-8)44-27-18-9/h10-44H2,1-9H3. The second-order valence-electron chi connectivity index (χ2n) is 17.0. The van der Waals surface area contributed by atoms with Crippen molar-refractivity contribution in [1.82, 2.24) is 0 Å². The number of hydrogen-bond donors (Lipinski definition) is 0. The van der Waals surface area contributed by atoms with Crippen molar-refractivity contribution in [2.75, 3.05) is 55.5 Å². The van der Waals surface area contributed by atoms with E-state index in [4.69, 9.17) is 8.62 Å². The molecule has 0 N–H and O–H groups in total. The van der Waals surface area contributed by atoms with Crippen LogP contribution in [0.3, 0.4) is 0 Å². The van der Waals surface area contributed by atoms with E-state index >= 15 is 4.57 Å². The molecule has 0 amide bonds. The van der Waals surface area contributed by atoms with Gasteiger partial charge in [-0.1, -0.05) is 13.3 Å². The predicted octanol–water partition coefficient (Wildman–Crippen LogP) is 17.5. The van der Waals surface area contributed by atoms with Gasteiger partial charge < -0.3 is 0 Å². The molecule has 0 aromatic heterocycles. The molecule has 0 spiro atoms. The molecule has 0 heterocycles. The Morgan fingerprint density at radius 3 is 0.720 bits per heavy atom. The fraction of sp³-hybridized carbons (Fsp3) is 1.00. The number of unbranched alkanes of at least 4 members (excludes halogenated alkanes) is 17. The van der Waals surface area contributed by atoms with E-state index < -0.39 is 21.3 Å². The van der Waals surface area contributed by atoms with Gasteiger partial charge in [-0.05, 0) is 0 Å². The maximum atomic E-state index is 16.4. The molecular formula is C44H97O3P3. The van der Waals surface area contributed by atoms with Gasteiger partial charge in [0.15, 0.2) is 0 Å². The summed E-state index contributed by atoms with van der Waals surface area (Å²) in [5.41, 5.74) is 0. The van der Waals surface area contributed by atoms with E-state index in [1.165, 1.54) is 161 Å². The summed E-state index contributed by atoms with van der Waals surface area (Å²) in [5.74, 6) is 0. The van der Waals surface area contributed by atoms with Crippen LogP contribution in [-0.2, 0) is 13.2 Å². The minimum atomic E-state index is -3.37. The summed E-state index contributed by atoms with van der Waals surface area (Å²) in [6.07, 6.45) is 42.1. The van der Waals surface area contributed by atoms with Crippen molar-refractivity contribution in [3.63, 3.8) is 0 Å². The molecule has 0 bridgehead atoms. The van der Waals surface area contributed by atoms with Gasteiger partial charge in [0.2, 0.25) is 0 Å². The first kappa shape index (κ1) is 51.0. The van der Waals surface area contributed by atoms with Crippen LogP contribution in [0.1, 0.15) is 229 Å². The zero-order chi connectivity index (χ0) is 37.6. The van der Waals surface area contributed by atoms with Gasteiger partial charge in [0.05, 0.1) is 0 Å². The molecule has 0 atom stereocenters. The molecule has 0 aliphatic carbocycles. The molecule has 0 saturated heterocycles. The Morgan fingerprint density at radius 1 is 0.300 bits per heavy atom. The molecule has 0 aromatic rings. The van der Waals surface area contributed by atoms with E-state index in [0.29, 0.717) is 6.16 Å². The van der Waals surface area contributed by atoms with Gasteiger partial charge in [0.25, 0.3) is 0 Å². The van der Waals surface area contributed by atoms with E-state index in [0.717, 1.165) is 55.7 Å². The van der Waals surface area contributed by atoms with E-state index in [1.54, 1.807) is 0 Å². The van der Waals surface area contributed by atoms with Crippen molar-refractivity contribution in [2.24, 2.45) is 0 Å². The fourth-order valence-corrected chi connectivity index (χ4v) is 30.2. The molecule has 0 rings (SSSR count). The van der Waals surface area contributed by atoms with Crippen LogP contribution in [0.2, 0.25) is 0 Å². The average molecular weight is 767 g/mol. The summed E-state index contributed by atoms with van der Waals surface area (Å²) in [6, 6.07) is 0. The van der Waals surface area contributed by atoms with Crippen molar-refractivity contribution >= 4 is 21.3 Å². The topological polar surface area (TPSA) is 35.5 Å². The third-order valence-corrected chi connectivity index (χ3v) is 30.2. The Morgan fingerprint density at radius 2 is 0.500 bits per heavy atom. The fourth-order valence-electron chi connectivity index (χ4n) is 8.73. The van der Waals surface area contributed by atoms with Crippen LogP contribution >= 0.6 is 21.3 Å². The van der Waals surface area contributed by atoms with Gasteiger partial charge in [-0.25, -0.2) is 0 Å². The minimum absolute atomic E-state index is 0.659. The Bertz CT molecular complexity index is 692. The summed E-state index contributed by atoms with van der Waals surface area (Å²) < 4.78 is 32.4. The SMILES string of the molecule is CCCCCCCCCCCCP(=O)(OP(CCCC)(CCCC)(CCCC)CCCC)OP(CCCC)(CCCC)(CCCC)CCCC. The molecular weight excluding hydrogens is 669 g/mol. The van der Waals surface area contributed by atoms with Crippen molar-refractivity contribution < 1.29 is 13.2 Å². The molecule has 50 heavy (non-hydrogen) atoms. The van der Waals surface area contributed by atoms with Crippen LogP contribution in [0.25, 0.3) is 0 Å². The second-order valence-corrected chi connectivity index (χ2v) is 31.0. The Hall–Kier alpha value is 1.01. The zero-order valence-corrected chi connectivity index (χ0v) is 39.0. The zero-order valence-electron chi connectivity index (χ0n) is 36.3. The van der Waals surface area contributed by atoms with Gasteiger partial charge in [0.1, 0.15) is 0 Å². The van der Waals surface area contributed by atoms with Crippen molar-refractivity contribution in [3.05, 3.63) is 0 Å². The second kappa shape index (κ2) is 29.3. The third-order valence-electron chi connectivity index (χ3n) is 12.1. The van der Waals surface area contributed by atoms with Gasteiger partial charge >= 0.3 is 306 Å². The predicted molar refractivity (Wildman–Crippen MR) is 239 cm³/mol. The van der Waals surface area contributed by atoms with Crippen molar-refractivity contribution in [2.45, 2.75) is 229 Å². The molecule has 6 heteroatoms. The van der Waals surface area contributed by atoms with Crippen LogP contribution < -0.4 is 0 Å². The third kappa shape index (κ3) is 19.6. The summed E-state index contributed by atoms with van der Waals surface area (Å²) >= 11 is 0.